The van der Waals surface area contributed by atoms with Crippen LogP contribution in [-0.4, -0.2) is 25.1 Å². The molecule has 5 nitrogen and oxygen atoms in total. The van der Waals surface area contributed by atoms with Crippen molar-refractivity contribution in [3.05, 3.63) is 46.3 Å². The van der Waals surface area contributed by atoms with Crippen molar-refractivity contribution in [3.8, 4) is 5.75 Å². The molecular formula is C21H25NO4S. The van der Waals surface area contributed by atoms with Crippen molar-refractivity contribution in [2.75, 3.05) is 12.4 Å². The Morgan fingerprint density at radius 1 is 1.30 bits per heavy atom. The van der Waals surface area contributed by atoms with Crippen LogP contribution in [0.4, 0.5) is 5.00 Å². The van der Waals surface area contributed by atoms with E-state index in [1.54, 1.807) is 0 Å². The van der Waals surface area contributed by atoms with Gasteiger partial charge in [-0.05, 0) is 49.3 Å². The van der Waals surface area contributed by atoms with Crippen LogP contribution in [-0.2, 0) is 22.4 Å². The first-order valence-corrected chi connectivity index (χ1v) is 10.1. The van der Waals surface area contributed by atoms with Crippen LogP contribution >= 0.6 is 11.3 Å². The third-order valence-electron chi connectivity index (χ3n) is 4.82. The molecular weight excluding hydrogens is 362 g/mol. The number of anilines is 1. The fourth-order valence-electron chi connectivity index (χ4n) is 3.33. The van der Waals surface area contributed by atoms with Crippen LogP contribution in [0.3, 0.4) is 0 Å². The van der Waals surface area contributed by atoms with Crippen molar-refractivity contribution in [1.29, 1.82) is 0 Å². The Kier molecular flexibility index (Phi) is 6.16. The normalized spacial score (nSPS) is 16.9. The van der Waals surface area contributed by atoms with Crippen LogP contribution in [0.25, 0.3) is 0 Å². The summed E-state index contributed by atoms with van der Waals surface area (Å²) in [6.07, 6.45) is 2.70. The number of ether oxygens (including phenoxy) is 2. The van der Waals surface area contributed by atoms with Gasteiger partial charge in [-0.15, -0.1) is 11.3 Å². The number of nitrogens with one attached hydrogen (secondary N) is 1. The SMILES string of the molecule is CC[C@@H](Oc1ccccc1)C(=O)Nc1sc2c(c1C(=O)OC)CC[C@H](C)C2. The van der Waals surface area contributed by atoms with Crippen LogP contribution in [0.15, 0.2) is 30.3 Å². The highest BCUT2D eigenvalue weighted by atomic mass is 32.1. The van der Waals surface area contributed by atoms with Gasteiger partial charge in [-0.1, -0.05) is 32.0 Å². The number of methoxy groups -OCH3 is 1. The minimum absolute atomic E-state index is 0.252. The quantitative estimate of drug-likeness (QED) is 0.744. The van der Waals surface area contributed by atoms with Crippen LogP contribution in [0.2, 0.25) is 0 Å². The van der Waals surface area contributed by atoms with Gasteiger partial charge in [0.2, 0.25) is 0 Å². The van der Waals surface area contributed by atoms with Crippen LogP contribution < -0.4 is 10.1 Å². The highest BCUT2D eigenvalue weighted by molar-refractivity contribution is 7.17. The largest absolute Gasteiger partial charge is 0.481 e. The van der Waals surface area contributed by atoms with Crippen molar-refractivity contribution in [1.82, 2.24) is 0 Å². The summed E-state index contributed by atoms with van der Waals surface area (Å²) in [5.41, 5.74) is 1.53. The van der Waals surface area contributed by atoms with E-state index < -0.39 is 12.1 Å². The van der Waals surface area contributed by atoms with E-state index in [1.165, 1.54) is 23.3 Å². The number of carbonyl (C=O) groups excluding carboxylic acids is 2. The number of rotatable bonds is 6. The Morgan fingerprint density at radius 3 is 2.70 bits per heavy atom. The van der Waals surface area contributed by atoms with Crippen molar-refractivity contribution < 1.29 is 19.1 Å². The number of amides is 1. The maximum atomic E-state index is 12.8. The molecule has 1 aliphatic rings. The summed E-state index contributed by atoms with van der Waals surface area (Å²) >= 11 is 1.48. The molecule has 1 amide bonds. The molecule has 3 rings (SSSR count). The first-order valence-electron chi connectivity index (χ1n) is 9.28. The number of fused-ring (bicyclic) bond motifs is 1. The van der Waals surface area contributed by atoms with Crippen LogP contribution in [0.1, 0.15) is 47.5 Å². The molecule has 0 radical (unpaired) electrons. The molecule has 6 heteroatoms. The molecule has 2 atom stereocenters. The molecule has 0 saturated heterocycles. The van der Waals surface area contributed by atoms with Gasteiger partial charge in [0, 0.05) is 4.88 Å². The van der Waals surface area contributed by atoms with E-state index in [1.807, 2.05) is 37.3 Å². The average molecular weight is 388 g/mol. The summed E-state index contributed by atoms with van der Waals surface area (Å²) in [5, 5.41) is 3.49. The molecule has 1 aromatic carbocycles. The molecule has 144 valence electrons. The van der Waals surface area contributed by atoms with Gasteiger partial charge < -0.3 is 14.8 Å². The Hall–Kier alpha value is -2.34. The van der Waals surface area contributed by atoms with Crippen molar-refractivity contribution in [3.63, 3.8) is 0 Å². The minimum atomic E-state index is -0.629. The molecule has 1 aromatic heterocycles. The van der Waals surface area contributed by atoms with Crippen molar-refractivity contribution in [2.45, 2.75) is 45.6 Å². The topological polar surface area (TPSA) is 64.6 Å². The predicted molar refractivity (Wildman–Crippen MR) is 107 cm³/mol. The Balaban J connectivity index is 1.83. The van der Waals surface area contributed by atoms with Gasteiger partial charge in [0.15, 0.2) is 6.10 Å². The lowest BCUT2D eigenvalue weighted by Crippen LogP contribution is -2.32. The van der Waals surface area contributed by atoms with Gasteiger partial charge in [-0.2, -0.15) is 0 Å². The molecule has 0 bridgehead atoms. The zero-order valence-electron chi connectivity index (χ0n) is 15.9. The summed E-state index contributed by atoms with van der Waals surface area (Å²) in [5.74, 6) is 0.578. The molecule has 0 spiro atoms. The number of hydrogen-bond acceptors (Lipinski definition) is 5. The molecule has 1 heterocycles. The standard InChI is InChI=1S/C21H25NO4S/c1-4-16(26-14-8-6-5-7-9-14)19(23)22-20-18(21(24)25-3)15-11-10-13(2)12-17(15)27-20/h5-9,13,16H,4,10-12H2,1-3H3,(H,22,23)/t13-,16+/m0/s1. The van der Waals surface area contributed by atoms with Gasteiger partial charge in [0.25, 0.3) is 5.91 Å². The van der Waals surface area contributed by atoms with E-state index >= 15 is 0 Å². The van der Waals surface area contributed by atoms with E-state index in [-0.39, 0.29) is 5.91 Å². The maximum absolute atomic E-state index is 12.8. The number of esters is 1. The summed E-state index contributed by atoms with van der Waals surface area (Å²) in [6, 6.07) is 9.27. The average Bonchev–Trinajstić information content (AvgIpc) is 3.02. The van der Waals surface area contributed by atoms with Gasteiger partial charge in [-0.3, -0.25) is 4.79 Å². The molecule has 0 saturated carbocycles. The maximum Gasteiger partial charge on any atom is 0.341 e. The van der Waals surface area contributed by atoms with Crippen molar-refractivity contribution in [2.24, 2.45) is 5.92 Å². The van der Waals surface area contributed by atoms with Gasteiger partial charge in [0.05, 0.1) is 12.7 Å². The Bertz CT molecular complexity index is 815. The third-order valence-corrected chi connectivity index (χ3v) is 5.99. The lowest BCUT2D eigenvalue weighted by atomic mass is 9.88. The number of hydrogen-bond donors (Lipinski definition) is 1. The Labute approximate surface area is 163 Å². The molecule has 27 heavy (non-hydrogen) atoms. The predicted octanol–water partition coefficient (Wildman–Crippen LogP) is 4.46. The zero-order valence-corrected chi connectivity index (χ0v) is 16.7. The van der Waals surface area contributed by atoms with Gasteiger partial charge >= 0.3 is 5.97 Å². The number of carbonyl (C=O) groups is 2. The van der Waals surface area contributed by atoms with E-state index in [0.29, 0.717) is 28.7 Å². The first-order chi connectivity index (χ1) is 13.0. The molecule has 1 N–H and O–H groups in total. The lowest BCUT2D eigenvalue weighted by Gasteiger charge is -2.18. The smallest absolute Gasteiger partial charge is 0.341 e. The summed E-state index contributed by atoms with van der Waals surface area (Å²) in [6.45, 7) is 4.11. The number of benzene rings is 1. The zero-order chi connectivity index (χ0) is 19.4. The third kappa shape index (κ3) is 4.33. The van der Waals surface area contributed by atoms with Gasteiger partial charge in [-0.25, -0.2) is 4.79 Å². The lowest BCUT2D eigenvalue weighted by molar-refractivity contribution is -0.122. The van der Waals surface area contributed by atoms with E-state index in [4.69, 9.17) is 9.47 Å². The first kappa shape index (κ1) is 19.4. The second-order valence-electron chi connectivity index (χ2n) is 6.86. The minimum Gasteiger partial charge on any atom is -0.481 e. The Morgan fingerprint density at radius 2 is 2.04 bits per heavy atom. The molecule has 0 fully saturated rings. The van der Waals surface area contributed by atoms with E-state index in [9.17, 15) is 9.59 Å². The fraction of sp³-hybridized carbons (Fsp3) is 0.429. The molecule has 0 aliphatic heterocycles. The summed E-state index contributed by atoms with van der Waals surface area (Å²) < 4.78 is 10.8. The van der Waals surface area contributed by atoms with Crippen molar-refractivity contribution >= 4 is 28.2 Å². The second kappa shape index (κ2) is 8.57. The van der Waals surface area contributed by atoms with E-state index in [0.717, 1.165) is 24.8 Å². The monoisotopic (exact) mass is 387 g/mol. The summed E-state index contributed by atoms with van der Waals surface area (Å²) in [4.78, 5) is 26.3. The fourth-order valence-corrected chi connectivity index (χ4v) is 4.74. The molecule has 1 aliphatic carbocycles. The number of para-hydroxylation sites is 1. The van der Waals surface area contributed by atoms with Crippen LogP contribution in [0, 0.1) is 5.92 Å². The summed E-state index contributed by atoms with van der Waals surface area (Å²) in [7, 11) is 1.37. The van der Waals surface area contributed by atoms with Gasteiger partial charge in [0.1, 0.15) is 10.8 Å². The molecule has 0 unspecified atom stereocenters. The van der Waals surface area contributed by atoms with E-state index in [2.05, 4.69) is 12.2 Å². The highest BCUT2D eigenvalue weighted by Crippen LogP contribution is 2.40. The molecule has 2 aromatic rings. The highest BCUT2D eigenvalue weighted by Gasteiger charge is 2.30. The van der Waals surface area contributed by atoms with Crippen LogP contribution in [0.5, 0.6) is 5.75 Å². The second-order valence-corrected chi connectivity index (χ2v) is 7.97. The number of thiophene rings is 1.